The van der Waals surface area contributed by atoms with Gasteiger partial charge in [0.2, 0.25) is 0 Å². The third kappa shape index (κ3) is 3.30. The molecule has 0 saturated carbocycles. The van der Waals surface area contributed by atoms with Gasteiger partial charge in [0.25, 0.3) is 11.9 Å². The van der Waals surface area contributed by atoms with Gasteiger partial charge in [-0.15, -0.1) is 0 Å². The predicted octanol–water partition coefficient (Wildman–Crippen LogP) is 3.10. The first kappa shape index (κ1) is 17.0. The van der Waals surface area contributed by atoms with Crippen molar-refractivity contribution in [2.45, 2.75) is 0 Å². The standard InChI is InChI=1S/C18H17BrN4O3/c1-22(17(24)14-3-2-4-16(19)20-14)12-5-6-13-15(11-12)26-18(21-13)23-7-9-25-10-8-23/h2-6,11H,7-10H2,1H3. The highest BCUT2D eigenvalue weighted by molar-refractivity contribution is 9.10. The molecule has 1 fully saturated rings. The molecule has 0 radical (unpaired) electrons. The Hall–Kier alpha value is -2.45. The lowest BCUT2D eigenvalue weighted by Crippen LogP contribution is -2.36. The largest absolute Gasteiger partial charge is 0.423 e. The molecular weight excluding hydrogens is 400 g/mol. The number of oxazole rings is 1. The van der Waals surface area contributed by atoms with E-state index in [9.17, 15) is 4.79 Å². The summed E-state index contributed by atoms with van der Waals surface area (Å²) in [6, 6.07) is 11.4. The lowest BCUT2D eigenvalue weighted by atomic mass is 10.2. The predicted molar refractivity (Wildman–Crippen MR) is 102 cm³/mol. The van der Waals surface area contributed by atoms with Gasteiger partial charge in [-0.05, 0) is 40.2 Å². The fraction of sp³-hybridized carbons (Fsp3) is 0.278. The lowest BCUT2D eigenvalue weighted by Gasteiger charge is -2.24. The molecule has 3 heterocycles. The van der Waals surface area contributed by atoms with E-state index in [1.165, 1.54) is 0 Å². The van der Waals surface area contributed by atoms with Gasteiger partial charge in [0.1, 0.15) is 15.8 Å². The highest BCUT2D eigenvalue weighted by Gasteiger charge is 2.19. The van der Waals surface area contributed by atoms with Crippen LogP contribution in [0.1, 0.15) is 10.5 Å². The van der Waals surface area contributed by atoms with E-state index in [4.69, 9.17) is 9.15 Å². The summed E-state index contributed by atoms with van der Waals surface area (Å²) in [6.45, 7) is 2.85. The maximum absolute atomic E-state index is 12.7. The average Bonchev–Trinajstić information content (AvgIpc) is 3.11. The summed E-state index contributed by atoms with van der Waals surface area (Å²) in [5.74, 6) is -0.196. The quantitative estimate of drug-likeness (QED) is 0.610. The molecule has 0 atom stereocenters. The SMILES string of the molecule is CN(C(=O)c1cccc(Br)n1)c1ccc2nc(N3CCOCC3)oc2c1. The number of halogens is 1. The number of aromatic nitrogens is 2. The van der Waals surface area contributed by atoms with Crippen LogP contribution < -0.4 is 9.80 Å². The number of benzene rings is 1. The maximum atomic E-state index is 12.7. The number of fused-ring (bicyclic) bond motifs is 1. The Morgan fingerprint density at radius 2 is 2.00 bits per heavy atom. The number of pyridine rings is 1. The van der Waals surface area contributed by atoms with Gasteiger partial charge in [-0.1, -0.05) is 6.07 Å². The molecule has 1 aliphatic rings. The number of hydrogen-bond donors (Lipinski definition) is 0. The second kappa shape index (κ2) is 7.05. The number of carbonyl (C=O) groups excluding carboxylic acids is 1. The minimum absolute atomic E-state index is 0.196. The van der Waals surface area contributed by atoms with Crippen LogP contribution >= 0.6 is 15.9 Å². The third-order valence-electron chi connectivity index (χ3n) is 4.27. The number of carbonyl (C=O) groups is 1. The summed E-state index contributed by atoms with van der Waals surface area (Å²) in [5, 5.41) is 0. The molecule has 3 aromatic rings. The van der Waals surface area contributed by atoms with Crippen molar-refractivity contribution in [3.63, 3.8) is 0 Å². The normalized spacial score (nSPS) is 14.6. The van der Waals surface area contributed by atoms with E-state index < -0.39 is 0 Å². The molecule has 7 nitrogen and oxygen atoms in total. The van der Waals surface area contributed by atoms with Gasteiger partial charge in [0.05, 0.1) is 13.2 Å². The van der Waals surface area contributed by atoms with Crippen LogP contribution in [0.3, 0.4) is 0 Å². The van der Waals surface area contributed by atoms with Crippen LogP contribution in [0.2, 0.25) is 0 Å². The van der Waals surface area contributed by atoms with Gasteiger partial charge in [0, 0.05) is 31.9 Å². The van der Waals surface area contributed by atoms with Crippen LogP contribution in [0, 0.1) is 0 Å². The molecular formula is C18H17BrN4O3. The second-order valence-corrected chi connectivity index (χ2v) is 6.77. The van der Waals surface area contributed by atoms with Crippen LogP contribution in [0.15, 0.2) is 45.4 Å². The Kier molecular flexibility index (Phi) is 4.60. The van der Waals surface area contributed by atoms with Gasteiger partial charge in [-0.25, -0.2) is 4.98 Å². The topological polar surface area (TPSA) is 71.7 Å². The Balaban J connectivity index is 1.61. The monoisotopic (exact) mass is 416 g/mol. The molecule has 2 aromatic heterocycles. The van der Waals surface area contributed by atoms with Crippen molar-refractivity contribution in [1.82, 2.24) is 9.97 Å². The van der Waals surface area contributed by atoms with Crippen LogP contribution in [0.25, 0.3) is 11.1 Å². The zero-order valence-electron chi connectivity index (χ0n) is 14.2. The Labute approximate surface area is 158 Å². The van der Waals surface area contributed by atoms with Crippen LogP contribution in [-0.4, -0.2) is 49.2 Å². The van der Waals surface area contributed by atoms with E-state index >= 15 is 0 Å². The Morgan fingerprint density at radius 1 is 1.19 bits per heavy atom. The van der Waals surface area contributed by atoms with E-state index in [2.05, 4.69) is 30.8 Å². The Bertz CT molecular complexity index is 953. The summed E-state index contributed by atoms with van der Waals surface area (Å²) >= 11 is 3.29. The third-order valence-corrected chi connectivity index (χ3v) is 4.71. The molecule has 0 unspecified atom stereocenters. The van der Waals surface area contributed by atoms with Crippen molar-refractivity contribution in [3.8, 4) is 0 Å². The van der Waals surface area contributed by atoms with E-state index in [0.29, 0.717) is 40.8 Å². The summed E-state index contributed by atoms with van der Waals surface area (Å²) in [4.78, 5) is 25.0. The highest BCUT2D eigenvalue weighted by Crippen LogP contribution is 2.27. The zero-order valence-corrected chi connectivity index (χ0v) is 15.8. The van der Waals surface area contributed by atoms with Crippen LogP contribution in [0.5, 0.6) is 0 Å². The number of hydrogen-bond acceptors (Lipinski definition) is 6. The summed E-state index contributed by atoms with van der Waals surface area (Å²) in [6.07, 6.45) is 0. The van der Waals surface area contributed by atoms with Crippen LogP contribution in [0.4, 0.5) is 11.7 Å². The van der Waals surface area contributed by atoms with Gasteiger partial charge < -0.3 is 19.0 Å². The number of rotatable bonds is 3. The van der Waals surface area contributed by atoms with Gasteiger partial charge in [-0.2, -0.15) is 4.98 Å². The molecule has 1 aliphatic heterocycles. The van der Waals surface area contributed by atoms with Crippen molar-refractivity contribution in [3.05, 3.63) is 46.7 Å². The first-order valence-corrected chi connectivity index (χ1v) is 9.05. The maximum Gasteiger partial charge on any atom is 0.298 e. The van der Waals surface area contributed by atoms with Gasteiger partial charge in [-0.3, -0.25) is 4.79 Å². The zero-order chi connectivity index (χ0) is 18.1. The number of ether oxygens (including phenoxy) is 1. The van der Waals surface area contributed by atoms with Crippen molar-refractivity contribution < 1.29 is 13.9 Å². The van der Waals surface area contributed by atoms with Gasteiger partial charge >= 0.3 is 0 Å². The van der Waals surface area contributed by atoms with Crippen molar-refractivity contribution in [1.29, 1.82) is 0 Å². The number of morpholine rings is 1. The minimum atomic E-state index is -0.196. The van der Waals surface area contributed by atoms with E-state index in [0.717, 1.165) is 18.6 Å². The molecule has 0 spiro atoms. The summed E-state index contributed by atoms with van der Waals surface area (Å²) in [5.41, 5.74) is 2.49. The van der Waals surface area contributed by atoms with E-state index in [1.54, 1.807) is 30.1 Å². The van der Waals surface area contributed by atoms with E-state index in [-0.39, 0.29) is 5.91 Å². The fourth-order valence-electron chi connectivity index (χ4n) is 2.82. The molecule has 1 amide bonds. The summed E-state index contributed by atoms with van der Waals surface area (Å²) in [7, 11) is 1.71. The molecule has 4 rings (SSSR count). The smallest absolute Gasteiger partial charge is 0.298 e. The molecule has 1 saturated heterocycles. The van der Waals surface area contributed by atoms with E-state index in [1.807, 2.05) is 18.2 Å². The summed E-state index contributed by atoms with van der Waals surface area (Å²) < 4.78 is 11.9. The van der Waals surface area contributed by atoms with Gasteiger partial charge in [0.15, 0.2) is 5.58 Å². The minimum Gasteiger partial charge on any atom is -0.423 e. The lowest BCUT2D eigenvalue weighted by molar-refractivity contribution is 0.0988. The first-order valence-electron chi connectivity index (χ1n) is 8.26. The molecule has 0 aliphatic carbocycles. The second-order valence-electron chi connectivity index (χ2n) is 5.96. The first-order chi connectivity index (χ1) is 12.6. The molecule has 1 aromatic carbocycles. The van der Waals surface area contributed by atoms with Crippen molar-refractivity contribution in [2.75, 3.05) is 43.2 Å². The fourth-order valence-corrected chi connectivity index (χ4v) is 3.16. The molecule has 0 bridgehead atoms. The number of anilines is 2. The average molecular weight is 417 g/mol. The van der Waals surface area contributed by atoms with Crippen molar-refractivity contribution >= 4 is 44.6 Å². The highest BCUT2D eigenvalue weighted by atomic mass is 79.9. The Morgan fingerprint density at radius 3 is 2.77 bits per heavy atom. The number of amides is 1. The van der Waals surface area contributed by atoms with Crippen LogP contribution in [-0.2, 0) is 4.74 Å². The molecule has 0 N–H and O–H groups in total. The number of nitrogens with zero attached hydrogens (tertiary/aromatic N) is 4. The molecule has 134 valence electrons. The molecule has 26 heavy (non-hydrogen) atoms. The molecule has 8 heteroatoms. The van der Waals surface area contributed by atoms with Crippen molar-refractivity contribution in [2.24, 2.45) is 0 Å².